The van der Waals surface area contributed by atoms with Gasteiger partial charge in [0.25, 0.3) is 0 Å². The van der Waals surface area contributed by atoms with Crippen molar-refractivity contribution in [3.8, 4) is 0 Å². The van der Waals surface area contributed by atoms with E-state index in [1.54, 1.807) is 7.11 Å². The van der Waals surface area contributed by atoms with Crippen LogP contribution in [0, 0.1) is 19.8 Å². The molecule has 1 saturated carbocycles. The van der Waals surface area contributed by atoms with Crippen LogP contribution in [0.3, 0.4) is 0 Å². The van der Waals surface area contributed by atoms with Gasteiger partial charge in [-0.2, -0.15) is 0 Å². The van der Waals surface area contributed by atoms with Crippen LogP contribution in [0.1, 0.15) is 55.4 Å². The number of ether oxygens (including phenoxy) is 1. The van der Waals surface area contributed by atoms with Gasteiger partial charge in [0.05, 0.1) is 5.60 Å². The Morgan fingerprint density at radius 1 is 1.37 bits per heavy atom. The third-order valence-corrected chi connectivity index (χ3v) is 4.63. The summed E-state index contributed by atoms with van der Waals surface area (Å²) < 4.78 is 5.81. The highest BCUT2D eigenvalue weighted by molar-refractivity contribution is 5.33. The number of benzene rings is 1. The first-order valence-corrected chi connectivity index (χ1v) is 7.29. The maximum Gasteiger partial charge on any atom is 0.108 e. The van der Waals surface area contributed by atoms with E-state index in [0.717, 1.165) is 30.4 Å². The molecule has 1 aliphatic carbocycles. The van der Waals surface area contributed by atoms with E-state index in [0.29, 0.717) is 5.92 Å². The molecule has 0 spiro atoms. The highest BCUT2D eigenvalue weighted by atomic mass is 16.5. The van der Waals surface area contributed by atoms with Crippen molar-refractivity contribution < 1.29 is 9.84 Å². The lowest BCUT2D eigenvalue weighted by atomic mass is 9.73. The van der Waals surface area contributed by atoms with E-state index in [4.69, 9.17) is 4.74 Å². The molecule has 1 N–H and O–H groups in total. The van der Waals surface area contributed by atoms with Crippen LogP contribution >= 0.6 is 0 Å². The smallest absolute Gasteiger partial charge is 0.108 e. The average molecular weight is 262 g/mol. The SMILES string of the molecule is COC1(C(O)c2cc(C)ccc2C)CCCC(C)C1. The normalized spacial score (nSPS) is 29.2. The summed E-state index contributed by atoms with van der Waals surface area (Å²) in [5, 5.41) is 10.9. The minimum atomic E-state index is -0.528. The van der Waals surface area contributed by atoms with Crippen molar-refractivity contribution in [1.82, 2.24) is 0 Å². The average Bonchev–Trinajstić information content (AvgIpc) is 2.40. The maximum absolute atomic E-state index is 10.9. The van der Waals surface area contributed by atoms with Gasteiger partial charge in [0.15, 0.2) is 0 Å². The lowest BCUT2D eigenvalue weighted by Crippen LogP contribution is -2.43. The van der Waals surface area contributed by atoms with Gasteiger partial charge in [-0.25, -0.2) is 0 Å². The minimum Gasteiger partial charge on any atom is -0.385 e. The predicted molar refractivity (Wildman–Crippen MR) is 78.2 cm³/mol. The van der Waals surface area contributed by atoms with Gasteiger partial charge < -0.3 is 9.84 Å². The summed E-state index contributed by atoms with van der Waals surface area (Å²) in [5.74, 6) is 0.619. The number of hydrogen-bond acceptors (Lipinski definition) is 2. The van der Waals surface area contributed by atoms with E-state index in [1.165, 1.54) is 12.0 Å². The molecule has 1 fully saturated rings. The van der Waals surface area contributed by atoms with Gasteiger partial charge in [-0.3, -0.25) is 0 Å². The van der Waals surface area contributed by atoms with Gasteiger partial charge in [0, 0.05) is 7.11 Å². The van der Waals surface area contributed by atoms with Crippen molar-refractivity contribution in [2.45, 2.75) is 58.2 Å². The molecular weight excluding hydrogens is 236 g/mol. The Kier molecular flexibility index (Phi) is 4.32. The lowest BCUT2D eigenvalue weighted by Gasteiger charge is -2.42. The highest BCUT2D eigenvalue weighted by Crippen LogP contribution is 2.43. The van der Waals surface area contributed by atoms with Gasteiger partial charge in [0.1, 0.15) is 6.10 Å². The molecule has 0 saturated heterocycles. The molecule has 1 aromatic carbocycles. The van der Waals surface area contributed by atoms with Crippen LogP contribution in [0.4, 0.5) is 0 Å². The van der Waals surface area contributed by atoms with Crippen molar-refractivity contribution in [2.24, 2.45) is 5.92 Å². The van der Waals surface area contributed by atoms with Crippen LogP contribution in [-0.4, -0.2) is 17.8 Å². The van der Waals surface area contributed by atoms with Gasteiger partial charge in [-0.05, 0) is 43.7 Å². The van der Waals surface area contributed by atoms with Crippen molar-refractivity contribution in [1.29, 1.82) is 0 Å². The number of aliphatic hydroxyl groups excluding tert-OH is 1. The topological polar surface area (TPSA) is 29.5 Å². The molecule has 106 valence electrons. The molecule has 0 aromatic heterocycles. The van der Waals surface area contributed by atoms with Crippen molar-refractivity contribution in [3.05, 3.63) is 34.9 Å². The van der Waals surface area contributed by atoms with Gasteiger partial charge in [0.2, 0.25) is 0 Å². The molecule has 3 atom stereocenters. The number of hydrogen-bond donors (Lipinski definition) is 1. The Labute approximate surface area is 116 Å². The van der Waals surface area contributed by atoms with Crippen LogP contribution in [0.5, 0.6) is 0 Å². The van der Waals surface area contributed by atoms with Crippen molar-refractivity contribution >= 4 is 0 Å². The summed E-state index contributed by atoms with van der Waals surface area (Å²) in [6, 6.07) is 6.28. The molecule has 19 heavy (non-hydrogen) atoms. The molecule has 1 aliphatic rings. The predicted octanol–water partition coefficient (Wildman–Crippen LogP) is 3.93. The third kappa shape index (κ3) is 2.85. The molecule has 2 heteroatoms. The second kappa shape index (κ2) is 5.64. The largest absolute Gasteiger partial charge is 0.385 e. The molecule has 1 aromatic rings. The summed E-state index contributed by atoms with van der Waals surface area (Å²) in [5.41, 5.74) is 2.95. The van der Waals surface area contributed by atoms with E-state index in [9.17, 15) is 5.11 Å². The standard InChI is InChI=1S/C17H26O2/c1-12-7-8-14(3)15(10-12)16(18)17(19-4)9-5-6-13(2)11-17/h7-8,10,13,16,18H,5-6,9,11H2,1-4H3. The van der Waals surface area contributed by atoms with E-state index >= 15 is 0 Å². The molecule has 0 heterocycles. The summed E-state index contributed by atoms with van der Waals surface area (Å²) in [4.78, 5) is 0. The Morgan fingerprint density at radius 3 is 2.74 bits per heavy atom. The summed E-state index contributed by atoms with van der Waals surface area (Å²) in [7, 11) is 1.74. The number of methoxy groups -OCH3 is 1. The quantitative estimate of drug-likeness (QED) is 0.894. The molecule has 0 amide bonds. The molecule has 2 rings (SSSR count). The fraction of sp³-hybridized carbons (Fsp3) is 0.647. The third-order valence-electron chi connectivity index (χ3n) is 4.63. The van der Waals surface area contributed by atoms with Gasteiger partial charge >= 0.3 is 0 Å². The zero-order valence-corrected chi connectivity index (χ0v) is 12.6. The summed E-state index contributed by atoms with van der Waals surface area (Å²) in [6.45, 7) is 6.38. The monoisotopic (exact) mass is 262 g/mol. The molecule has 3 unspecified atom stereocenters. The first-order chi connectivity index (χ1) is 8.98. The molecule has 0 aliphatic heterocycles. The van der Waals surface area contributed by atoms with Gasteiger partial charge in [-0.15, -0.1) is 0 Å². The first kappa shape index (κ1) is 14.5. The minimum absolute atomic E-state index is 0.407. The Hall–Kier alpha value is -0.860. The van der Waals surface area contributed by atoms with E-state index in [1.807, 2.05) is 0 Å². The van der Waals surface area contributed by atoms with Gasteiger partial charge in [-0.1, -0.05) is 43.5 Å². The molecular formula is C17H26O2. The second-order valence-electron chi connectivity index (χ2n) is 6.23. The van der Waals surface area contributed by atoms with Crippen LogP contribution < -0.4 is 0 Å². The van der Waals surface area contributed by atoms with Crippen LogP contribution in [0.25, 0.3) is 0 Å². The molecule has 0 radical (unpaired) electrons. The number of rotatable bonds is 3. The fourth-order valence-electron chi connectivity index (χ4n) is 3.43. The van der Waals surface area contributed by atoms with E-state index < -0.39 is 11.7 Å². The van der Waals surface area contributed by atoms with Crippen LogP contribution in [-0.2, 0) is 4.74 Å². The zero-order chi connectivity index (χ0) is 14.0. The highest BCUT2D eigenvalue weighted by Gasteiger charge is 2.42. The van der Waals surface area contributed by atoms with E-state index in [2.05, 4.69) is 39.0 Å². The van der Waals surface area contributed by atoms with Crippen molar-refractivity contribution in [3.63, 3.8) is 0 Å². The number of aryl methyl sites for hydroxylation is 2. The first-order valence-electron chi connectivity index (χ1n) is 7.29. The lowest BCUT2D eigenvalue weighted by molar-refractivity contribution is -0.134. The number of aliphatic hydroxyl groups is 1. The summed E-state index contributed by atoms with van der Waals surface area (Å²) in [6.07, 6.45) is 3.74. The van der Waals surface area contributed by atoms with E-state index in [-0.39, 0.29) is 0 Å². The maximum atomic E-state index is 10.9. The molecule has 2 nitrogen and oxygen atoms in total. The zero-order valence-electron chi connectivity index (χ0n) is 12.6. The Morgan fingerprint density at radius 2 is 2.11 bits per heavy atom. The molecule has 0 bridgehead atoms. The van der Waals surface area contributed by atoms with Crippen LogP contribution in [0.2, 0.25) is 0 Å². The van der Waals surface area contributed by atoms with Crippen LogP contribution in [0.15, 0.2) is 18.2 Å². The van der Waals surface area contributed by atoms with Crippen molar-refractivity contribution in [2.75, 3.05) is 7.11 Å². The summed E-state index contributed by atoms with van der Waals surface area (Å²) >= 11 is 0. The Balaban J connectivity index is 2.34. The Bertz CT molecular complexity index is 441. The fourth-order valence-corrected chi connectivity index (χ4v) is 3.43. The second-order valence-corrected chi connectivity index (χ2v) is 6.23.